The van der Waals surface area contributed by atoms with Crippen molar-refractivity contribution in [3.05, 3.63) is 46.2 Å². The third-order valence-corrected chi connectivity index (χ3v) is 4.86. The van der Waals surface area contributed by atoms with Crippen molar-refractivity contribution < 1.29 is 23.1 Å². The second kappa shape index (κ2) is 6.25. The van der Waals surface area contributed by atoms with Crippen molar-refractivity contribution in [2.24, 2.45) is 0 Å². The number of nitrogens with one attached hydrogen (secondary N) is 1. The lowest BCUT2D eigenvalue weighted by Crippen LogP contribution is -2.23. The number of hydrogen-bond donors (Lipinski definition) is 2. The molecule has 8 heteroatoms. The van der Waals surface area contributed by atoms with E-state index in [1.165, 1.54) is 17.4 Å². The summed E-state index contributed by atoms with van der Waals surface area (Å²) in [7, 11) is -2.63. The van der Waals surface area contributed by atoms with Crippen LogP contribution in [-0.4, -0.2) is 26.6 Å². The van der Waals surface area contributed by atoms with Gasteiger partial charge in [0.15, 0.2) is 0 Å². The Morgan fingerprint density at radius 3 is 2.76 bits per heavy atom. The molecule has 0 saturated carbocycles. The molecular formula is C13H13NO5S2. The van der Waals surface area contributed by atoms with E-state index in [2.05, 4.69) is 9.46 Å². The monoisotopic (exact) mass is 327 g/mol. The van der Waals surface area contributed by atoms with E-state index in [1.54, 1.807) is 0 Å². The third-order valence-electron chi connectivity index (χ3n) is 2.73. The minimum Gasteiger partial charge on any atom is -0.507 e. The molecule has 1 heterocycles. The van der Waals surface area contributed by atoms with Crippen LogP contribution in [0.5, 0.6) is 5.75 Å². The van der Waals surface area contributed by atoms with Gasteiger partial charge in [-0.15, -0.1) is 0 Å². The third kappa shape index (κ3) is 3.60. The number of hydrogen-bond acceptors (Lipinski definition) is 6. The van der Waals surface area contributed by atoms with E-state index in [9.17, 15) is 18.3 Å². The zero-order chi connectivity index (χ0) is 15.5. The van der Waals surface area contributed by atoms with E-state index in [4.69, 9.17) is 0 Å². The number of aromatic hydroxyl groups is 1. The molecule has 0 spiro atoms. The fraction of sp³-hybridized carbons (Fsp3) is 0.154. The molecule has 0 amide bonds. The van der Waals surface area contributed by atoms with Crippen LogP contribution in [0, 0.1) is 0 Å². The summed E-state index contributed by atoms with van der Waals surface area (Å²) in [5.41, 5.74) is 0.645. The van der Waals surface area contributed by atoms with Crippen LogP contribution < -0.4 is 4.72 Å². The van der Waals surface area contributed by atoms with Gasteiger partial charge < -0.3 is 9.84 Å². The van der Waals surface area contributed by atoms with Gasteiger partial charge in [-0.05, 0) is 40.6 Å². The Morgan fingerprint density at radius 1 is 1.38 bits per heavy atom. The number of methoxy groups -OCH3 is 1. The molecule has 0 aliphatic rings. The lowest BCUT2D eigenvalue weighted by atomic mass is 10.2. The van der Waals surface area contributed by atoms with Crippen LogP contribution in [0.1, 0.15) is 15.9 Å². The molecule has 112 valence electrons. The number of ether oxygens (including phenoxy) is 1. The zero-order valence-electron chi connectivity index (χ0n) is 11.1. The number of rotatable bonds is 5. The fourth-order valence-corrected chi connectivity index (χ4v) is 3.32. The molecule has 0 aliphatic carbocycles. The molecule has 2 aromatic rings. The number of carbonyl (C=O) groups is 1. The van der Waals surface area contributed by atoms with E-state index >= 15 is 0 Å². The smallest absolute Gasteiger partial charge is 0.341 e. The second-order valence-corrected chi connectivity index (χ2v) is 6.67. The number of phenolic OH excluding ortho intramolecular Hbond substituents is 1. The van der Waals surface area contributed by atoms with E-state index in [1.807, 2.05) is 16.8 Å². The minimum atomic E-state index is -3.78. The fourth-order valence-electron chi connectivity index (χ4n) is 1.61. The maximum Gasteiger partial charge on any atom is 0.341 e. The van der Waals surface area contributed by atoms with Gasteiger partial charge >= 0.3 is 5.97 Å². The number of esters is 1. The largest absolute Gasteiger partial charge is 0.507 e. The first-order chi connectivity index (χ1) is 9.94. The summed E-state index contributed by atoms with van der Waals surface area (Å²) in [6.07, 6.45) is 0. The maximum atomic E-state index is 12.2. The molecule has 0 unspecified atom stereocenters. The van der Waals surface area contributed by atoms with Crippen molar-refractivity contribution in [2.75, 3.05) is 7.11 Å². The molecular weight excluding hydrogens is 314 g/mol. The molecule has 21 heavy (non-hydrogen) atoms. The predicted molar refractivity (Wildman–Crippen MR) is 77.8 cm³/mol. The Labute approximate surface area is 126 Å². The van der Waals surface area contributed by atoms with Gasteiger partial charge in [-0.3, -0.25) is 0 Å². The second-order valence-electron chi connectivity index (χ2n) is 4.13. The van der Waals surface area contributed by atoms with Crippen LogP contribution in [0.3, 0.4) is 0 Å². The van der Waals surface area contributed by atoms with E-state index in [0.717, 1.165) is 24.8 Å². The van der Waals surface area contributed by atoms with Gasteiger partial charge in [0.05, 0.1) is 12.0 Å². The summed E-state index contributed by atoms with van der Waals surface area (Å²) in [4.78, 5) is 11.3. The molecule has 0 fully saturated rings. The predicted octanol–water partition coefficient (Wildman–Crippen LogP) is 1.72. The molecule has 2 rings (SSSR count). The van der Waals surface area contributed by atoms with Gasteiger partial charge in [0.2, 0.25) is 10.0 Å². The molecule has 2 N–H and O–H groups in total. The van der Waals surface area contributed by atoms with Gasteiger partial charge in [-0.2, -0.15) is 11.3 Å². The summed E-state index contributed by atoms with van der Waals surface area (Å²) < 4.78 is 31.2. The van der Waals surface area contributed by atoms with Crippen molar-refractivity contribution in [1.29, 1.82) is 0 Å². The number of benzene rings is 1. The Hall–Kier alpha value is -1.90. The molecule has 1 aromatic heterocycles. The number of carbonyl (C=O) groups excluding carboxylic acids is 1. The summed E-state index contributed by atoms with van der Waals surface area (Å²) >= 11 is 1.47. The van der Waals surface area contributed by atoms with Crippen LogP contribution in [0.2, 0.25) is 0 Å². The van der Waals surface area contributed by atoms with Gasteiger partial charge in [0, 0.05) is 6.54 Å². The van der Waals surface area contributed by atoms with Crippen molar-refractivity contribution >= 4 is 27.3 Å². The van der Waals surface area contributed by atoms with Crippen molar-refractivity contribution in [2.45, 2.75) is 11.4 Å². The quantitative estimate of drug-likeness (QED) is 0.816. The highest BCUT2D eigenvalue weighted by atomic mass is 32.2. The molecule has 0 atom stereocenters. The summed E-state index contributed by atoms with van der Waals surface area (Å²) in [5.74, 6) is -1.14. The Bertz CT molecular complexity index is 738. The van der Waals surface area contributed by atoms with Crippen LogP contribution >= 0.6 is 11.3 Å². The Balaban J connectivity index is 2.25. The van der Waals surface area contributed by atoms with Gasteiger partial charge in [0.1, 0.15) is 11.3 Å². The van der Waals surface area contributed by atoms with Crippen molar-refractivity contribution in [3.63, 3.8) is 0 Å². The lowest BCUT2D eigenvalue weighted by Gasteiger charge is -2.08. The molecule has 0 aliphatic heterocycles. The average molecular weight is 327 g/mol. The van der Waals surface area contributed by atoms with Crippen molar-refractivity contribution in [3.8, 4) is 5.75 Å². The van der Waals surface area contributed by atoms with Crippen LogP contribution in [0.25, 0.3) is 0 Å². The molecule has 0 bridgehead atoms. The number of sulfonamides is 1. The average Bonchev–Trinajstić information content (AvgIpc) is 2.98. The van der Waals surface area contributed by atoms with E-state index in [0.29, 0.717) is 0 Å². The zero-order valence-corrected chi connectivity index (χ0v) is 12.7. The first kappa shape index (κ1) is 15.5. The van der Waals surface area contributed by atoms with Gasteiger partial charge in [-0.1, -0.05) is 0 Å². The maximum absolute atomic E-state index is 12.2. The first-order valence-corrected chi connectivity index (χ1v) is 8.28. The standard InChI is InChI=1S/C13H13NO5S2/c1-19-13(16)11-6-10(2-3-12(11)15)21(17,18)14-7-9-4-5-20-8-9/h2-6,8,14-15H,7H2,1H3. The topological polar surface area (TPSA) is 92.7 Å². The van der Waals surface area contributed by atoms with Crippen LogP contribution in [0.4, 0.5) is 0 Å². The van der Waals surface area contributed by atoms with Gasteiger partial charge in [-0.25, -0.2) is 17.9 Å². The molecule has 1 aromatic carbocycles. The normalized spacial score (nSPS) is 11.3. The van der Waals surface area contributed by atoms with Crippen LogP contribution in [-0.2, 0) is 21.3 Å². The molecule has 6 nitrogen and oxygen atoms in total. The number of phenols is 1. The highest BCUT2D eigenvalue weighted by Crippen LogP contribution is 2.22. The summed E-state index contributed by atoms with van der Waals surface area (Å²) in [6.45, 7) is 0.153. The molecule has 0 radical (unpaired) electrons. The highest BCUT2D eigenvalue weighted by molar-refractivity contribution is 7.89. The molecule has 0 saturated heterocycles. The number of thiophene rings is 1. The minimum absolute atomic E-state index is 0.115. The van der Waals surface area contributed by atoms with Gasteiger partial charge in [0.25, 0.3) is 0 Å². The summed E-state index contributed by atoms with van der Waals surface area (Å²) in [5, 5.41) is 13.2. The first-order valence-electron chi connectivity index (χ1n) is 5.86. The summed E-state index contributed by atoms with van der Waals surface area (Å²) in [6, 6.07) is 5.25. The van der Waals surface area contributed by atoms with Crippen LogP contribution in [0.15, 0.2) is 39.9 Å². The Morgan fingerprint density at radius 2 is 2.14 bits per heavy atom. The SMILES string of the molecule is COC(=O)c1cc(S(=O)(=O)NCc2ccsc2)ccc1O. The Kier molecular flexibility index (Phi) is 4.61. The lowest BCUT2D eigenvalue weighted by molar-refractivity contribution is 0.0597. The van der Waals surface area contributed by atoms with Crippen molar-refractivity contribution in [1.82, 2.24) is 4.72 Å². The highest BCUT2D eigenvalue weighted by Gasteiger charge is 2.19. The van der Waals surface area contributed by atoms with E-state index < -0.39 is 16.0 Å². The van der Waals surface area contributed by atoms with E-state index in [-0.39, 0.29) is 22.8 Å².